The van der Waals surface area contributed by atoms with E-state index >= 15 is 0 Å². The van der Waals surface area contributed by atoms with Crippen LogP contribution in [0.4, 0.5) is 18.9 Å². The highest BCUT2D eigenvalue weighted by Gasteiger charge is 2.38. The first kappa shape index (κ1) is 22.3. The number of fused-ring (bicyclic) bond motifs is 1. The third-order valence-corrected chi connectivity index (χ3v) is 6.43. The van der Waals surface area contributed by atoms with Gasteiger partial charge in [-0.3, -0.25) is 9.59 Å². The van der Waals surface area contributed by atoms with Crippen LogP contribution < -0.4 is 4.90 Å². The van der Waals surface area contributed by atoms with Gasteiger partial charge in [0.25, 0.3) is 5.91 Å². The lowest BCUT2D eigenvalue weighted by atomic mass is 9.83. The number of benzene rings is 2. The maximum Gasteiger partial charge on any atom is 0.416 e. The maximum absolute atomic E-state index is 13.0. The van der Waals surface area contributed by atoms with Crippen LogP contribution in [0.5, 0.6) is 0 Å². The molecule has 2 aliphatic rings. The Labute approximate surface area is 184 Å². The van der Waals surface area contributed by atoms with Gasteiger partial charge < -0.3 is 14.9 Å². The van der Waals surface area contributed by atoms with E-state index in [0.717, 1.165) is 36.2 Å². The lowest BCUT2D eigenvalue weighted by Gasteiger charge is -2.39. The number of carbonyl (C=O) groups is 2. The van der Waals surface area contributed by atoms with Crippen LogP contribution in [0.3, 0.4) is 0 Å². The van der Waals surface area contributed by atoms with Gasteiger partial charge in [0.2, 0.25) is 5.91 Å². The van der Waals surface area contributed by atoms with Gasteiger partial charge in [0.15, 0.2) is 0 Å². The van der Waals surface area contributed by atoms with E-state index in [9.17, 15) is 27.9 Å². The van der Waals surface area contributed by atoms with E-state index in [-0.39, 0.29) is 43.3 Å². The van der Waals surface area contributed by atoms with Gasteiger partial charge in [0, 0.05) is 37.8 Å². The predicted octanol–water partition coefficient (Wildman–Crippen LogP) is 4.13. The maximum atomic E-state index is 13.0. The lowest BCUT2D eigenvalue weighted by Crippen LogP contribution is -2.45. The second-order valence-corrected chi connectivity index (χ2v) is 8.52. The van der Waals surface area contributed by atoms with Gasteiger partial charge in [0.1, 0.15) is 0 Å². The molecule has 0 aliphatic carbocycles. The average Bonchev–Trinajstić information content (AvgIpc) is 2.78. The zero-order valence-electron chi connectivity index (χ0n) is 17.8. The van der Waals surface area contributed by atoms with Crippen LogP contribution in [0.25, 0.3) is 0 Å². The summed E-state index contributed by atoms with van der Waals surface area (Å²) in [6.45, 7) is 2.66. The van der Waals surface area contributed by atoms with Crippen LogP contribution >= 0.6 is 0 Å². The molecule has 0 saturated carbocycles. The zero-order valence-corrected chi connectivity index (χ0v) is 17.8. The van der Waals surface area contributed by atoms with Gasteiger partial charge in [-0.25, -0.2) is 0 Å². The molecule has 1 fully saturated rings. The van der Waals surface area contributed by atoms with Crippen molar-refractivity contribution in [2.75, 3.05) is 24.5 Å². The Hall–Kier alpha value is -2.87. The Balaban J connectivity index is 1.48. The summed E-state index contributed by atoms with van der Waals surface area (Å²) >= 11 is 0. The highest BCUT2D eigenvalue weighted by molar-refractivity contribution is 5.97. The van der Waals surface area contributed by atoms with Gasteiger partial charge >= 0.3 is 6.18 Å². The molecule has 170 valence electrons. The van der Waals surface area contributed by atoms with Crippen LogP contribution in [0, 0.1) is 0 Å². The molecular weight excluding hydrogens is 421 g/mol. The largest absolute Gasteiger partial charge is 0.416 e. The number of carbonyl (C=O) groups excluding carboxylic acids is 2. The number of alkyl halides is 3. The molecule has 1 N–H and O–H groups in total. The van der Waals surface area contributed by atoms with Crippen molar-refractivity contribution in [2.24, 2.45) is 0 Å². The number of halogens is 3. The highest BCUT2D eigenvalue weighted by atomic mass is 19.4. The minimum atomic E-state index is -4.48. The minimum absolute atomic E-state index is 0.0325. The molecule has 0 spiro atoms. The van der Waals surface area contributed by atoms with E-state index in [1.165, 1.54) is 19.1 Å². The molecule has 0 bridgehead atoms. The molecule has 0 radical (unpaired) electrons. The molecular formula is C24H25F3N2O3. The number of hydrogen-bond donors (Lipinski definition) is 1. The van der Waals surface area contributed by atoms with Crippen molar-refractivity contribution in [3.63, 3.8) is 0 Å². The van der Waals surface area contributed by atoms with E-state index in [1.54, 1.807) is 21.9 Å². The lowest BCUT2D eigenvalue weighted by molar-refractivity contribution is -0.137. The number of hydrogen-bond acceptors (Lipinski definition) is 3. The van der Waals surface area contributed by atoms with Gasteiger partial charge in [-0.2, -0.15) is 13.2 Å². The smallest absolute Gasteiger partial charge is 0.385 e. The summed E-state index contributed by atoms with van der Waals surface area (Å²) in [5, 5.41) is 11.0. The standard InChI is InChI=1S/C24H25F3N2O3/c1-16(30)29-11-3-4-17-14-18(7-8-21(17)29)22(31)28-12-9-23(32,10-13-28)19-5-2-6-20(15-19)24(25,26)27/h2,5-8,14-15,32H,3-4,9-13H2,1H3. The monoisotopic (exact) mass is 446 g/mol. The number of aliphatic hydroxyl groups is 1. The SMILES string of the molecule is CC(=O)N1CCCc2cc(C(=O)N3CCC(O)(c4cccc(C(F)(F)F)c4)CC3)ccc21. The van der Waals surface area contributed by atoms with Crippen molar-refractivity contribution in [3.05, 3.63) is 64.7 Å². The quantitative estimate of drug-likeness (QED) is 0.755. The molecule has 8 heteroatoms. The fourth-order valence-electron chi connectivity index (χ4n) is 4.59. The summed E-state index contributed by atoms with van der Waals surface area (Å²) in [6.07, 6.45) is -2.55. The summed E-state index contributed by atoms with van der Waals surface area (Å²) < 4.78 is 39.1. The number of likely N-dealkylation sites (tertiary alicyclic amines) is 1. The van der Waals surface area contributed by atoms with Gasteiger partial charge in [-0.05, 0) is 67.1 Å². The molecule has 2 aliphatic heterocycles. The second-order valence-electron chi connectivity index (χ2n) is 8.52. The molecule has 4 rings (SSSR count). The first-order valence-electron chi connectivity index (χ1n) is 10.7. The Bertz CT molecular complexity index is 1040. The number of nitrogens with zero attached hydrogens (tertiary/aromatic N) is 2. The molecule has 2 aromatic rings. The van der Waals surface area contributed by atoms with E-state index in [4.69, 9.17) is 0 Å². The average molecular weight is 446 g/mol. The number of anilines is 1. The Morgan fingerprint density at radius 3 is 2.41 bits per heavy atom. The summed E-state index contributed by atoms with van der Waals surface area (Å²) in [6, 6.07) is 10.1. The summed E-state index contributed by atoms with van der Waals surface area (Å²) in [5.41, 5.74) is 0.315. The molecule has 0 aromatic heterocycles. The first-order valence-corrected chi connectivity index (χ1v) is 10.7. The molecule has 32 heavy (non-hydrogen) atoms. The number of amides is 2. The third kappa shape index (κ3) is 4.24. The van der Waals surface area contributed by atoms with Gasteiger partial charge in [0.05, 0.1) is 11.2 Å². The number of rotatable bonds is 2. The Morgan fingerprint density at radius 1 is 1.03 bits per heavy atom. The minimum Gasteiger partial charge on any atom is -0.385 e. The Kier molecular flexibility index (Phi) is 5.75. The van der Waals surface area contributed by atoms with E-state index < -0.39 is 17.3 Å². The van der Waals surface area contributed by atoms with Gasteiger partial charge in [-0.15, -0.1) is 0 Å². The second kappa shape index (κ2) is 8.24. The predicted molar refractivity (Wildman–Crippen MR) is 113 cm³/mol. The van der Waals surface area contributed by atoms with Crippen LogP contribution in [-0.4, -0.2) is 41.5 Å². The van der Waals surface area contributed by atoms with Crippen LogP contribution in [0.2, 0.25) is 0 Å². The van der Waals surface area contributed by atoms with Crippen molar-refractivity contribution in [2.45, 2.75) is 44.4 Å². The van der Waals surface area contributed by atoms with Crippen LogP contribution in [-0.2, 0) is 23.0 Å². The van der Waals surface area contributed by atoms with Crippen molar-refractivity contribution in [1.29, 1.82) is 0 Å². The molecule has 5 nitrogen and oxygen atoms in total. The fraction of sp³-hybridized carbons (Fsp3) is 0.417. The van der Waals surface area contributed by atoms with Crippen LogP contribution in [0.1, 0.15) is 53.2 Å². The molecule has 2 amide bonds. The zero-order chi connectivity index (χ0) is 23.1. The molecule has 0 atom stereocenters. The number of aryl methyl sites for hydroxylation is 1. The summed E-state index contributed by atoms with van der Waals surface area (Å²) in [4.78, 5) is 28.2. The molecule has 0 unspecified atom stereocenters. The van der Waals surface area contributed by atoms with E-state index in [0.29, 0.717) is 12.1 Å². The topological polar surface area (TPSA) is 60.9 Å². The van der Waals surface area contributed by atoms with Crippen molar-refractivity contribution in [3.8, 4) is 0 Å². The van der Waals surface area contributed by atoms with Gasteiger partial charge in [-0.1, -0.05) is 12.1 Å². The van der Waals surface area contributed by atoms with E-state index in [1.807, 2.05) is 6.07 Å². The number of piperidine rings is 1. The molecule has 1 saturated heterocycles. The van der Waals surface area contributed by atoms with Crippen LogP contribution in [0.15, 0.2) is 42.5 Å². The van der Waals surface area contributed by atoms with Crippen molar-refractivity contribution in [1.82, 2.24) is 4.90 Å². The molecule has 2 heterocycles. The van der Waals surface area contributed by atoms with Crippen molar-refractivity contribution < 1.29 is 27.9 Å². The summed E-state index contributed by atoms with van der Waals surface area (Å²) in [7, 11) is 0. The summed E-state index contributed by atoms with van der Waals surface area (Å²) in [5.74, 6) is -0.214. The fourth-order valence-corrected chi connectivity index (χ4v) is 4.59. The van der Waals surface area contributed by atoms with E-state index in [2.05, 4.69) is 0 Å². The Morgan fingerprint density at radius 2 is 1.75 bits per heavy atom. The first-order chi connectivity index (χ1) is 15.1. The normalized spacial score (nSPS) is 18.3. The van der Waals surface area contributed by atoms with Crippen molar-refractivity contribution >= 4 is 17.5 Å². The third-order valence-electron chi connectivity index (χ3n) is 6.43. The highest BCUT2D eigenvalue weighted by Crippen LogP contribution is 2.37. The molecule has 2 aromatic carbocycles.